The minimum Gasteiger partial charge on any atom is -0.493 e. The van der Waals surface area contributed by atoms with E-state index >= 15 is 0 Å². The van der Waals surface area contributed by atoms with E-state index < -0.39 is 11.7 Å². The van der Waals surface area contributed by atoms with Gasteiger partial charge < -0.3 is 14.4 Å². The van der Waals surface area contributed by atoms with Crippen molar-refractivity contribution in [3.63, 3.8) is 0 Å². The summed E-state index contributed by atoms with van der Waals surface area (Å²) in [5, 5.41) is 0. The fraction of sp³-hybridized carbons (Fsp3) is 0.409. The van der Waals surface area contributed by atoms with Crippen LogP contribution in [0.15, 0.2) is 36.4 Å². The number of methoxy groups -OCH3 is 2. The van der Waals surface area contributed by atoms with Crippen LogP contribution in [0, 0.1) is 0 Å². The van der Waals surface area contributed by atoms with Crippen molar-refractivity contribution in [2.24, 2.45) is 0 Å². The second kappa shape index (κ2) is 8.95. The summed E-state index contributed by atoms with van der Waals surface area (Å²) in [5.41, 5.74) is 2.20. The number of nitrogens with zero attached hydrogens (tertiary/aromatic N) is 2. The Bertz CT molecular complexity index is 898. The Kier molecular flexibility index (Phi) is 6.55. The average molecular weight is 422 g/mol. The molecule has 30 heavy (non-hydrogen) atoms. The summed E-state index contributed by atoms with van der Waals surface area (Å²) in [4.78, 5) is 16.3. The highest BCUT2D eigenvalue weighted by Crippen LogP contribution is 2.33. The van der Waals surface area contributed by atoms with Crippen LogP contribution in [-0.2, 0) is 30.5 Å². The maximum absolute atomic E-state index is 12.8. The fourth-order valence-electron chi connectivity index (χ4n) is 3.59. The van der Waals surface area contributed by atoms with Gasteiger partial charge in [-0.25, -0.2) is 0 Å². The monoisotopic (exact) mass is 422 g/mol. The second-order valence-corrected chi connectivity index (χ2v) is 7.41. The van der Waals surface area contributed by atoms with Gasteiger partial charge in [0.1, 0.15) is 0 Å². The number of rotatable bonds is 6. The number of likely N-dealkylation sites (N-methyl/N-ethyl adjacent to an activating group) is 1. The molecule has 2 aromatic rings. The molecule has 1 amide bonds. The molecule has 8 heteroatoms. The zero-order chi connectivity index (χ0) is 21.9. The Hall–Kier alpha value is -2.74. The Labute approximate surface area is 174 Å². The van der Waals surface area contributed by atoms with E-state index in [0.29, 0.717) is 31.1 Å². The van der Waals surface area contributed by atoms with Crippen molar-refractivity contribution in [3.05, 3.63) is 58.7 Å². The molecule has 0 saturated heterocycles. The van der Waals surface area contributed by atoms with Gasteiger partial charge in [0.05, 0.1) is 26.3 Å². The number of fused-ring (bicyclic) bond motifs is 1. The van der Waals surface area contributed by atoms with E-state index in [1.807, 2.05) is 12.1 Å². The number of carbonyl (C=O) groups excluding carboxylic acids is 1. The topological polar surface area (TPSA) is 42.0 Å². The SMILES string of the molecule is COc1cc2c(cc1OC)CN(C(=O)CN(C)Cc1ccc(C(F)(F)F)cc1)CC2. The van der Waals surface area contributed by atoms with Crippen LogP contribution in [0.4, 0.5) is 13.2 Å². The first-order chi connectivity index (χ1) is 14.2. The van der Waals surface area contributed by atoms with Gasteiger partial charge in [-0.1, -0.05) is 12.1 Å². The van der Waals surface area contributed by atoms with Crippen molar-refractivity contribution < 1.29 is 27.4 Å². The minimum absolute atomic E-state index is 0.0233. The van der Waals surface area contributed by atoms with E-state index in [1.165, 1.54) is 12.1 Å². The molecule has 1 aliphatic heterocycles. The smallest absolute Gasteiger partial charge is 0.416 e. The van der Waals surface area contributed by atoms with Gasteiger partial charge in [0.2, 0.25) is 5.91 Å². The Morgan fingerprint density at radius 2 is 1.67 bits per heavy atom. The molecule has 0 fully saturated rings. The molecular weight excluding hydrogens is 397 g/mol. The third kappa shape index (κ3) is 5.05. The molecule has 0 spiro atoms. The second-order valence-electron chi connectivity index (χ2n) is 7.41. The summed E-state index contributed by atoms with van der Waals surface area (Å²) in [6.45, 7) is 1.67. The zero-order valence-corrected chi connectivity index (χ0v) is 17.3. The third-order valence-electron chi connectivity index (χ3n) is 5.21. The van der Waals surface area contributed by atoms with Crippen molar-refractivity contribution in [2.45, 2.75) is 25.7 Å². The van der Waals surface area contributed by atoms with Gasteiger partial charge in [0, 0.05) is 19.6 Å². The molecule has 0 aliphatic carbocycles. The van der Waals surface area contributed by atoms with Gasteiger partial charge in [-0.05, 0) is 54.4 Å². The van der Waals surface area contributed by atoms with Crippen LogP contribution in [0.1, 0.15) is 22.3 Å². The number of alkyl halides is 3. The van der Waals surface area contributed by atoms with Crippen LogP contribution in [0.2, 0.25) is 0 Å². The molecule has 162 valence electrons. The summed E-state index contributed by atoms with van der Waals surface area (Å²) in [6.07, 6.45) is -3.62. The quantitative estimate of drug-likeness (QED) is 0.711. The molecule has 1 aliphatic rings. The maximum Gasteiger partial charge on any atom is 0.416 e. The molecule has 3 rings (SSSR count). The molecule has 0 N–H and O–H groups in total. The standard InChI is InChI=1S/C22H25F3N2O3/c1-26(12-15-4-6-18(7-5-15)22(23,24)25)14-21(28)27-9-8-16-10-19(29-2)20(30-3)11-17(16)13-27/h4-7,10-11H,8-9,12-14H2,1-3H3. The van der Waals surface area contributed by atoms with Crippen LogP contribution in [0.25, 0.3) is 0 Å². The van der Waals surface area contributed by atoms with Crippen molar-refractivity contribution in [1.82, 2.24) is 9.80 Å². The number of amides is 1. The van der Waals surface area contributed by atoms with Crippen LogP contribution >= 0.6 is 0 Å². The Morgan fingerprint density at radius 1 is 1.07 bits per heavy atom. The fourth-order valence-corrected chi connectivity index (χ4v) is 3.59. The molecule has 0 radical (unpaired) electrons. The Morgan fingerprint density at radius 3 is 2.23 bits per heavy atom. The number of benzene rings is 2. The van der Waals surface area contributed by atoms with E-state index in [-0.39, 0.29) is 12.5 Å². The van der Waals surface area contributed by atoms with Crippen molar-refractivity contribution in [3.8, 4) is 11.5 Å². The van der Waals surface area contributed by atoms with Gasteiger partial charge >= 0.3 is 6.18 Å². The summed E-state index contributed by atoms with van der Waals surface area (Å²) >= 11 is 0. The Balaban J connectivity index is 1.60. The third-order valence-corrected chi connectivity index (χ3v) is 5.21. The number of ether oxygens (including phenoxy) is 2. The van der Waals surface area contributed by atoms with E-state index in [1.54, 1.807) is 31.1 Å². The van der Waals surface area contributed by atoms with Gasteiger partial charge in [-0.2, -0.15) is 13.2 Å². The molecule has 2 aromatic carbocycles. The van der Waals surface area contributed by atoms with Crippen molar-refractivity contribution in [1.29, 1.82) is 0 Å². The van der Waals surface area contributed by atoms with E-state index in [0.717, 1.165) is 35.2 Å². The maximum atomic E-state index is 12.8. The predicted molar refractivity (Wildman–Crippen MR) is 106 cm³/mol. The van der Waals surface area contributed by atoms with Gasteiger partial charge in [-0.3, -0.25) is 9.69 Å². The minimum atomic E-state index is -4.35. The summed E-state index contributed by atoms with van der Waals surface area (Å²) < 4.78 is 48.7. The molecular formula is C22H25F3N2O3. The van der Waals surface area contributed by atoms with Crippen LogP contribution in [0.5, 0.6) is 11.5 Å². The summed E-state index contributed by atoms with van der Waals surface area (Å²) in [7, 11) is 4.95. The average Bonchev–Trinajstić information content (AvgIpc) is 2.71. The van der Waals surface area contributed by atoms with Crippen LogP contribution in [-0.4, -0.2) is 50.1 Å². The van der Waals surface area contributed by atoms with Gasteiger partial charge in [0.25, 0.3) is 0 Å². The van der Waals surface area contributed by atoms with Crippen LogP contribution in [0.3, 0.4) is 0 Å². The lowest BCUT2D eigenvalue weighted by Gasteiger charge is -2.31. The van der Waals surface area contributed by atoms with E-state index in [9.17, 15) is 18.0 Å². The number of carbonyl (C=O) groups is 1. The van der Waals surface area contributed by atoms with Gasteiger partial charge in [-0.15, -0.1) is 0 Å². The lowest BCUT2D eigenvalue weighted by Crippen LogP contribution is -2.41. The summed E-state index contributed by atoms with van der Waals surface area (Å²) in [6, 6.07) is 8.87. The lowest BCUT2D eigenvalue weighted by molar-refractivity contribution is -0.137. The zero-order valence-electron chi connectivity index (χ0n) is 17.3. The molecule has 0 bridgehead atoms. The first-order valence-corrected chi connectivity index (χ1v) is 9.57. The highest BCUT2D eigenvalue weighted by molar-refractivity contribution is 5.78. The highest BCUT2D eigenvalue weighted by atomic mass is 19.4. The largest absolute Gasteiger partial charge is 0.493 e. The number of halogens is 3. The van der Waals surface area contributed by atoms with Crippen LogP contribution < -0.4 is 9.47 Å². The normalized spacial score (nSPS) is 13.9. The molecule has 5 nitrogen and oxygen atoms in total. The highest BCUT2D eigenvalue weighted by Gasteiger charge is 2.30. The van der Waals surface area contributed by atoms with E-state index in [4.69, 9.17) is 9.47 Å². The van der Waals surface area contributed by atoms with Crippen molar-refractivity contribution in [2.75, 3.05) is 34.4 Å². The molecule has 0 atom stereocenters. The molecule has 0 unspecified atom stereocenters. The number of hydrogen-bond donors (Lipinski definition) is 0. The first kappa shape index (κ1) is 22.0. The van der Waals surface area contributed by atoms with Crippen molar-refractivity contribution >= 4 is 5.91 Å². The lowest BCUT2D eigenvalue weighted by atomic mass is 9.98. The molecule has 0 aromatic heterocycles. The molecule has 0 saturated carbocycles. The predicted octanol–water partition coefficient (Wildman–Crippen LogP) is 3.74. The van der Waals surface area contributed by atoms with Gasteiger partial charge in [0.15, 0.2) is 11.5 Å². The summed E-state index contributed by atoms with van der Waals surface area (Å²) in [5.74, 6) is 1.28. The number of hydrogen-bond acceptors (Lipinski definition) is 4. The molecule has 1 heterocycles. The van der Waals surface area contributed by atoms with E-state index in [2.05, 4.69) is 0 Å². The first-order valence-electron chi connectivity index (χ1n) is 9.57.